The normalized spacial score (nSPS) is 26.3. The number of nitrogens with zero attached hydrogens (tertiary/aromatic N) is 2. The number of nitrogens with one attached hydrogen (secondary N) is 1. The van der Waals surface area contributed by atoms with Crippen molar-refractivity contribution in [3.05, 3.63) is 18.0 Å². The zero-order chi connectivity index (χ0) is 10.7. The Morgan fingerprint density at radius 1 is 1.27 bits per heavy atom. The molecule has 2 rings (SSSR count). The molecule has 0 spiro atoms. The van der Waals surface area contributed by atoms with Gasteiger partial charge in [-0.1, -0.05) is 12.8 Å². The molecule has 0 unspecified atom stereocenters. The molecule has 1 aliphatic carbocycles. The van der Waals surface area contributed by atoms with Crippen LogP contribution in [-0.4, -0.2) is 22.1 Å². The second kappa shape index (κ2) is 4.57. The first-order valence-corrected chi connectivity index (χ1v) is 5.56. The number of rotatable bonds is 2. The Labute approximate surface area is 90.3 Å². The van der Waals surface area contributed by atoms with Gasteiger partial charge in [-0.05, 0) is 25.3 Å². The quantitative estimate of drug-likeness (QED) is 0.769. The lowest BCUT2D eigenvalue weighted by Crippen LogP contribution is -2.42. The van der Waals surface area contributed by atoms with Gasteiger partial charge in [0.05, 0.1) is 0 Å². The highest BCUT2D eigenvalue weighted by molar-refractivity contribution is 5.27. The molecule has 0 amide bonds. The summed E-state index contributed by atoms with van der Waals surface area (Å²) in [5, 5.41) is 3.31. The summed E-state index contributed by atoms with van der Waals surface area (Å²) in [5.41, 5.74) is 7.12. The molecule has 1 aliphatic rings. The van der Waals surface area contributed by atoms with Crippen molar-refractivity contribution in [1.29, 1.82) is 0 Å². The molecular weight excluding hydrogens is 188 g/mol. The summed E-state index contributed by atoms with van der Waals surface area (Å²) in [5.74, 6) is 0.697. The minimum absolute atomic E-state index is 0.239. The number of hydrogen-bond acceptors (Lipinski definition) is 4. The van der Waals surface area contributed by atoms with Crippen LogP contribution in [0.4, 0.5) is 5.95 Å². The van der Waals surface area contributed by atoms with E-state index in [9.17, 15) is 0 Å². The van der Waals surface area contributed by atoms with E-state index in [1.165, 1.54) is 12.8 Å². The van der Waals surface area contributed by atoms with Gasteiger partial charge in [0.2, 0.25) is 5.95 Å². The number of hydrogen-bond donors (Lipinski definition) is 2. The summed E-state index contributed by atoms with van der Waals surface area (Å²) in [6.45, 7) is 1.98. The van der Waals surface area contributed by atoms with Crippen molar-refractivity contribution >= 4 is 5.95 Å². The van der Waals surface area contributed by atoms with Gasteiger partial charge in [0, 0.05) is 24.5 Å². The molecule has 1 aromatic rings. The van der Waals surface area contributed by atoms with E-state index in [1.807, 2.05) is 19.3 Å². The summed E-state index contributed by atoms with van der Waals surface area (Å²) in [4.78, 5) is 8.46. The topological polar surface area (TPSA) is 63.8 Å². The maximum atomic E-state index is 6.04. The van der Waals surface area contributed by atoms with E-state index in [4.69, 9.17) is 5.73 Å². The summed E-state index contributed by atoms with van der Waals surface area (Å²) in [6, 6.07) is 0.574. The van der Waals surface area contributed by atoms with E-state index in [0.29, 0.717) is 12.0 Å². The number of nitrogens with two attached hydrogens (primary N) is 1. The molecule has 2 atom stereocenters. The minimum atomic E-state index is 0.239. The molecule has 82 valence electrons. The predicted octanol–water partition coefficient (Wildman–Crippen LogP) is 1.47. The Morgan fingerprint density at radius 3 is 2.60 bits per heavy atom. The van der Waals surface area contributed by atoms with E-state index in [1.54, 1.807) is 0 Å². The van der Waals surface area contributed by atoms with Gasteiger partial charge in [-0.2, -0.15) is 0 Å². The summed E-state index contributed by atoms with van der Waals surface area (Å²) >= 11 is 0. The number of aromatic nitrogens is 2. The fourth-order valence-electron chi connectivity index (χ4n) is 1.97. The molecule has 1 aromatic heterocycles. The van der Waals surface area contributed by atoms with Crippen molar-refractivity contribution in [2.45, 2.75) is 44.7 Å². The smallest absolute Gasteiger partial charge is 0.222 e. The zero-order valence-electron chi connectivity index (χ0n) is 9.11. The number of aryl methyl sites for hydroxylation is 1. The molecule has 4 nitrogen and oxygen atoms in total. The predicted molar refractivity (Wildman–Crippen MR) is 60.6 cm³/mol. The highest BCUT2D eigenvalue weighted by Crippen LogP contribution is 2.19. The highest BCUT2D eigenvalue weighted by Gasteiger charge is 2.21. The lowest BCUT2D eigenvalue weighted by molar-refractivity contribution is 0.402. The molecule has 4 heteroatoms. The van der Waals surface area contributed by atoms with Crippen LogP contribution in [0.5, 0.6) is 0 Å². The molecule has 0 bridgehead atoms. The van der Waals surface area contributed by atoms with Gasteiger partial charge >= 0.3 is 0 Å². The lowest BCUT2D eigenvalue weighted by atomic mass is 9.91. The van der Waals surface area contributed by atoms with Crippen molar-refractivity contribution in [3.8, 4) is 0 Å². The summed E-state index contributed by atoms with van der Waals surface area (Å²) in [6.07, 6.45) is 8.36. The van der Waals surface area contributed by atoms with Crippen LogP contribution in [0.2, 0.25) is 0 Å². The van der Waals surface area contributed by atoms with Gasteiger partial charge < -0.3 is 11.1 Å². The Morgan fingerprint density at radius 2 is 1.93 bits per heavy atom. The van der Waals surface area contributed by atoms with Crippen LogP contribution >= 0.6 is 0 Å². The molecule has 0 saturated heterocycles. The van der Waals surface area contributed by atoms with E-state index < -0.39 is 0 Å². The highest BCUT2D eigenvalue weighted by atomic mass is 15.1. The monoisotopic (exact) mass is 206 g/mol. The largest absolute Gasteiger partial charge is 0.350 e. The van der Waals surface area contributed by atoms with Crippen molar-refractivity contribution in [1.82, 2.24) is 9.97 Å². The summed E-state index contributed by atoms with van der Waals surface area (Å²) in [7, 11) is 0. The SMILES string of the molecule is Cc1cnc(N[C@@H]2CCCC[C@H]2N)nc1. The third-order valence-corrected chi connectivity index (χ3v) is 2.91. The Kier molecular flexibility index (Phi) is 3.16. The van der Waals surface area contributed by atoms with Gasteiger partial charge in [0.1, 0.15) is 0 Å². The second-order valence-corrected chi connectivity index (χ2v) is 4.28. The first-order chi connectivity index (χ1) is 7.25. The molecule has 1 heterocycles. The van der Waals surface area contributed by atoms with E-state index >= 15 is 0 Å². The maximum Gasteiger partial charge on any atom is 0.222 e. The molecular formula is C11H18N4. The van der Waals surface area contributed by atoms with Gasteiger partial charge in [0.15, 0.2) is 0 Å². The van der Waals surface area contributed by atoms with Crippen LogP contribution in [0.1, 0.15) is 31.2 Å². The van der Waals surface area contributed by atoms with E-state index in [2.05, 4.69) is 15.3 Å². The van der Waals surface area contributed by atoms with Crippen LogP contribution < -0.4 is 11.1 Å². The first kappa shape index (κ1) is 10.4. The number of anilines is 1. The van der Waals surface area contributed by atoms with Crippen molar-refractivity contribution in [3.63, 3.8) is 0 Å². The standard InChI is InChI=1S/C11H18N4/c1-8-6-13-11(14-7-8)15-10-5-3-2-4-9(10)12/h6-7,9-10H,2-5,12H2,1H3,(H,13,14,15)/t9-,10-/m1/s1. The fraction of sp³-hybridized carbons (Fsp3) is 0.636. The maximum absolute atomic E-state index is 6.04. The molecule has 3 N–H and O–H groups in total. The van der Waals surface area contributed by atoms with Crippen molar-refractivity contribution < 1.29 is 0 Å². The van der Waals surface area contributed by atoms with Gasteiger partial charge in [-0.3, -0.25) is 0 Å². The first-order valence-electron chi connectivity index (χ1n) is 5.56. The zero-order valence-corrected chi connectivity index (χ0v) is 9.11. The molecule has 15 heavy (non-hydrogen) atoms. The van der Waals surface area contributed by atoms with Gasteiger partial charge in [-0.15, -0.1) is 0 Å². The van der Waals surface area contributed by atoms with Crippen LogP contribution in [0, 0.1) is 6.92 Å². The molecule has 0 aliphatic heterocycles. The van der Waals surface area contributed by atoms with Crippen LogP contribution in [0.15, 0.2) is 12.4 Å². The Balaban J connectivity index is 1.98. The average Bonchev–Trinajstić information content (AvgIpc) is 2.25. The minimum Gasteiger partial charge on any atom is -0.350 e. The van der Waals surface area contributed by atoms with E-state index in [0.717, 1.165) is 18.4 Å². The Hall–Kier alpha value is -1.16. The molecule has 0 radical (unpaired) electrons. The lowest BCUT2D eigenvalue weighted by Gasteiger charge is -2.29. The third kappa shape index (κ3) is 2.65. The average molecular weight is 206 g/mol. The van der Waals surface area contributed by atoms with Gasteiger partial charge in [-0.25, -0.2) is 9.97 Å². The Bertz CT molecular complexity index is 309. The van der Waals surface area contributed by atoms with Crippen LogP contribution in [0.25, 0.3) is 0 Å². The second-order valence-electron chi connectivity index (χ2n) is 4.28. The molecule has 1 saturated carbocycles. The molecule has 0 aromatic carbocycles. The van der Waals surface area contributed by atoms with Crippen molar-refractivity contribution in [2.24, 2.45) is 5.73 Å². The van der Waals surface area contributed by atoms with Crippen LogP contribution in [0.3, 0.4) is 0 Å². The molecule has 1 fully saturated rings. The van der Waals surface area contributed by atoms with Crippen LogP contribution in [-0.2, 0) is 0 Å². The fourth-order valence-corrected chi connectivity index (χ4v) is 1.97. The van der Waals surface area contributed by atoms with E-state index in [-0.39, 0.29) is 6.04 Å². The summed E-state index contributed by atoms with van der Waals surface area (Å²) < 4.78 is 0. The van der Waals surface area contributed by atoms with Gasteiger partial charge in [0.25, 0.3) is 0 Å². The van der Waals surface area contributed by atoms with Crippen molar-refractivity contribution in [2.75, 3.05) is 5.32 Å². The third-order valence-electron chi connectivity index (χ3n) is 2.91.